The van der Waals surface area contributed by atoms with E-state index >= 15 is 0 Å². The quantitative estimate of drug-likeness (QED) is 0.811. The van der Waals surface area contributed by atoms with Crippen LogP contribution in [-0.2, 0) is 0 Å². The average Bonchev–Trinajstić information content (AvgIpc) is 2.90. The Morgan fingerprint density at radius 1 is 1.00 bits per heavy atom. The molecule has 1 heterocycles. The van der Waals surface area contributed by atoms with Crippen LogP contribution >= 0.6 is 0 Å². The minimum atomic E-state index is 0.499. The summed E-state index contributed by atoms with van der Waals surface area (Å²) in [5, 5.41) is 6.95. The number of nitrogens with one attached hydrogen (secondary N) is 2. The monoisotopic (exact) mass is 310 g/mol. The van der Waals surface area contributed by atoms with E-state index in [1.807, 2.05) is 20.9 Å². The maximum Gasteiger partial charge on any atom is 0.0384 e. The van der Waals surface area contributed by atoms with Crippen molar-refractivity contribution in [1.29, 1.82) is 0 Å². The van der Waals surface area contributed by atoms with Crippen molar-refractivity contribution in [1.82, 2.24) is 5.32 Å². The lowest BCUT2D eigenvalue weighted by molar-refractivity contribution is 0.564. The number of hydrogen-bond donors (Lipinski definition) is 2. The van der Waals surface area contributed by atoms with Gasteiger partial charge in [0.15, 0.2) is 0 Å². The molecule has 0 aromatic heterocycles. The molecular formula is C21H30N2. The summed E-state index contributed by atoms with van der Waals surface area (Å²) in [6, 6.07) is 15.8. The predicted molar refractivity (Wildman–Crippen MR) is 102 cm³/mol. The number of anilines is 1. The third-order valence-corrected chi connectivity index (χ3v) is 4.60. The zero-order valence-corrected chi connectivity index (χ0v) is 15.1. The maximum atomic E-state index is 3.66. The second kappa shape index (κ2) is 8.16. The van der Waals surface area contributed by atoms with Gasteiger partial charge in [-0.05, 0) is 62.2 Å². The Bertz CT molecular complexity index is 633. The highest BCUT2D eigenvalue weighted by Gasteiger charge is 2.31. The second-order valence-electron chi connectivity index (χ2n) is 6.01. The Morgan fingerprint density at radius 3 is 2.39 bits per heavy atom. The van der Waals surface area contributed by atoms with Gasteiger partial charge in [-0.2, -0.15) is 0 Å². The topological polar surface area (TPSA) is 24.1 Å². The molecule has 3 rings (SSSR count). The van der Waals surface area contributed by atoms with Crippen LogP contribution in [0.5, 0.6) is 0 Å². The van der Waals surface area contributed by atoms with Gasteiger partial charge in [0, 0.05) is 17.6 Å². The lowest BCUT2D eigenvalue weighted by Crippen LogP contribution is -2.20. The highest BCUT2D eigenvalue weighted by atomic mass is 15.0. The summed E-state index contributed by atoms with van der Waals surface area (Å²) in [6.45, 7) is 9.54. The van der Waals surface area contributed by atoms with Crippen LogP contribution < -0.4 is 10.6 Å². The fraction of sp³-hybridized carbons (Fsp3) is 0.429. The van der Waals surface area contributed by atoms with Gasteiger partial charge in [-0.3, -0.25) is 0 Å². The number of fused-ring (bicyclic) bond motifs is 1. The summed E-state index contributed by atoms with van der Waals surface area (Å²) >= 11 is 0. The molecule has 2 aromatic carbocycles. The van der Waals surface area contributed by atoms with Crippen LogP contribution in [-0.4, -0.2) is 19.6 Å². The summed E-state index contributed by atoms with van der Waals surface area (Å²) in [5.41, 5.74) is 6.90. The molecule has 1 aliphatic heterocycles. The highest BCUT2D eigenvalue weighted by Crippen LogP contribution is 2.44. The van der Waals surface area contributed by atoms with Crippen molar-refractivity contribution < 1.29 is 0 Å². The van der Waals surface area contributed by atoms with Gasteiger partial charge in [-0.25, -0.2) is 0 Å². The van der Waals surface area contributed by atoms with Crippen molar-refractivity contribution >= 4 is 5.69 Å². The molecule has 2 aromatic rings. The molecule has 0 amide bonds. The van der Waals surface area contributed by atoms with Crippen molar-refractivity contribution in [2.24, 2.45) is 0 Å². The van der Waals surface area contributed by atoms with Crippen LogP contribution in [0.25, 0.3) is 11.1 Å². The number of aryl methyl sites for hydroxylation is 1. The van der Waals surface area contributed by atoms with E-state index in [9.17, 15) is 0 Å². The fourth-order valence-electron chi connectivity index (χ4n) is 3.49. The molecule has 0 saturated heterocycles. The van der Waals surface area contributed by atoms with Crippen LogP contribution in [0.15, 0.2) is 42.5 Å². The third-order valence-electron chi connectivity index (χ3n) is 4.60. The summed E-state index contributed by atoms with van der Waals surface area (Å²) in [6.07, 6.45) is 1.17. The zero-order valence-electron chi connectivity index (χ0n) is 15.1. The lowest BCUT2D eigenvalue weighted by atomic mass is 9.85. The first-order valence-electron chi connectivity index (χ1n) is 8.82. The molecule has 2 unspecified atom stereocenters. The van der Waals surface area contributed by atoms with Gasteiger partial charge in [-0.1, -0.05) is 50.2 Å². The smallest absolute Gasteiger partial charge is 0.0384 e. The Balaban J connectivity index is 0.000000924. The predicted octanol–water partition coefficient (Wildman–Crippen LogP) is 5.20. The minimum Gasteiger partial charge on any atom is -0.382 e. The van der Waals surface area contributed by atoms with Crippen LogP contribution in [0.2, 0.25) is 0 Å². The molecular weight excluding hydrogens is 280 g/mol. The molecule has 2 nitrogen and oxygen atoms in total. The SMILES string of the molecule is CC.CNCCC1c2c(cccc2-c2ccccc2C)NC1C. The van der Waals surface area contributed by atoms with Crippen molar-refractivity contribution in [2.75, 3.05) is 18.9 Å². The van der Waals surface area contributed by atoms with Gasteiger partial charge < -0.3 is 10.6 Å². The minimum absolute atomic E-state index is 0.499. The Morgan fingerprint density at radius 2 is 1.70 bits per heavy atom. The van der Waals surface area contributed by atoms with Gasteiger partial charge in [0.25, 0.3) is 0 Å². The van der Waals surface area contributed by atoms with Gasteiger partial charge >= 0.3 is 0 Å². The van der Waals surface area contributed by atoms with E-state index in [1.54, 1.807) is 0 Å². The molecule has 0 aliphatic carbocycles. The molecule has 0 radical (unpaired) electrons. The molecule has 2 N–H and O–H groups in total. The van der Waals surface area contributed by atoms with E-state index in [1.165, 1.54) is 34.4 Å². The van der Waals surface area contributed by atoms with Gasteiger partial charge in [0.1, 0.15) is 0 Å². The first-order valence-corrected chi connectivity index (χ1v) is 8.82. The van der Waals surface area contributed by atoms with E-state index in [0.29, 0.717) is 12.0 Å². The second-order valence-corrected chi connectivity index (χ2v) is 6.01. The third kappa shape index (κ3) is 3.59. The van der Waals surface area contributed by atoms with Gasteiger partial charge in [-0.15, -0.1) is 0 Å². The van der Waals surface area contributed by atoms with E-state index in [2.05, 4.69) is 66.9 Å². The number of hydrogen-bond acceptors (Lipinski definition) is 2. The zero-order chi connectivity index (χ0) is 16.8. The maximum absolute atomic E-state index is 3.66. The number of benzene rings is 2. The fourth-order valence-corrected chi connectivity index (χ4v) is 3.49. The lowest BCUT2D eigenvalue weighted by Gasteiger charge is -2.19. The largest absolute Gasteiger partial charge is 0.382 e. The van der Waals surface area contributed by atoms with Crippen molar-refractivity contribution in [2.45, 2.75) is 46.1 Å². The summed E-state index contributed by atoms with van der Waals surface area (Å²) < 4.78 is 0. The average molecular weight is 310 g/mol. The molecule has 2 atom stereocenters. The Kier molecular flexibility index (Phi) is 6.23. The molecule has 0 spiro atoms. The Labute approximate surface area is 141 Å². The van der Waals surface area contributed by atoms with E-state index in [0.717, 1.165) is 6.54 Å². The standard InChI is InChI=1S/C19H24N2.C2H6/c1-13-7-4-5-8-15(13)17-9-6-10-18-19(17)16(11-12-20-3)14(2)21-18;1-2/h4-10,14,16,20-21H,11-12H2,1-3H3;1-2H3. The van der Waals surface area contributed by atoms with E-state index < -0.39 is 0 Å². The molecule has 124 valence electrons. The molecule has 0 bridgehead atoms. The first kappa shape index (κ1) is 17.6. The van der Waals surface area contributed by atoms with E-state index in [4.69, 9.17) is 0 Å². The molecule has 0 fully saturated rings. The molecule has 2 heteroatoms. The van der Waals surface area contributed by atoms with Crippen LogP contribution in [0.1, 0.15) is 44.2 Å². The Hall–Kier alpha value is -1.80. The first-order chi connectivity index (χ1) is 11.2. The number of rotatable bonds is 4. The summed E-state index contributed by atoms with van der Waals surface area (Å²) in [4.78, 5) is 0. The van der Waals surface area contributed by atoms with Crippen molar-refractivity contribution in [3.8, 4) is 11.1 Å². The molecule has 1 aliphatic rings. The van der Waals surface area contributed by atoms with Crippen LogP contribution in [0.3, 0.4) is 0 Å². The van der Waals surface area contributed by atoms with Gasteiger partial charge in [0.05, 0.1) is 0 Å². The molecule has 0 saturated carbocycles. The van der Waals surface area contributed by atoms with Crippen LogP contribution in [0.4, 0.5) is 5.69 Å². The van der Waals surface area contributed by atoms with Crippen molar-refractivity contribution in [3.05, 3.63) is 53.6 Å². The summed E-state index contributed by atoms with van der Waals surface area (Å²) in [5.74, 6) is 0.572. The van der Waals surface area contributed by atoms with Crippen molar-refractivity contribution in [3.63, 3.8) is 0 Å². The highest BCUT2D eigenvalue weighted by molar-refractivity contribution is 5.79. The normalized spacial score (nSPS) is 18.7. The van der Waals surface area contributed by atoms with Gasteiger partial charge in [0.2, 0.25) is 0 Å². The van der Waals surface area contributed by atoms with Crippen LogP contribution in [0, 0.1) is 6.92 Å². The summed E-state index contributed by atoms with van der Waals surface area (Å²) in [7, 11) is 2.03. The molecule has 23 heavy (non-hydrogen) atoms. The van der Waals surface area contributed by atoms with E-state index in [-0.39, 0.29) is 0 Å².